The standard InChI is InChI=1S/C30H37N5O6/c1-17-18(2)33-25(19(3)31-17)15-34-12-10-22(11-13-34)16-41-30(37)27-21(5)32-20(4)26(29(36)40-6)28(27)23-8-7-9-24(14-23)35(38)39/h7-9,14,22,28,32H,10-13,15-16H2,1-6H3. The van der Waals surface area contributed by atoms with Crippen molar-refractivity contribution in [1.29, 1.82) is 0 Å². The Labute approximate surface area is 239 Å². The van der Waals surface area contributed by atoms with Gasteiger partial charge < -0.3 is 14.8 Å². The minimum atomic E-state index is -0.875. The molecule has 1 atom stereocenters. The molecule has 1 aromatic heterocycles. The molecule has 0 bridgehead atoms. The van der Waals surface area contributed by atoms with Crippen LogP contribution in [0.1, 0.15) is 60.9 Å². The molecule has 2 aliphatic rings. The molecule has 0 spiro atoms. The number of likely N-dealkylation sites (tertiary alicyclic amines) is 1. The molecule has 1 N–H and O–H groups in total. The number of dihydropyridines is 1. The molecule has 41 heavy (non-hydrogen) atoms. The first kappa shape index (κ1) is 29.9. The lowest BCUT2D eigenvalue weighted by molar-refractivity contribution is -0.384. The summed E-state index contributed by atoms with van der Waals surface area (Å²) in [6.07, 6.45) is 1.73. The molecule has 0 aliphatic carbocycles. The number of nitrogens with zero attached hydrogens (tertiary/aromatic N) is 4. The van der Waals surface area contributed by atoms with E-state index in [9.17, 15) is 19.7 Å². The molecule has 0 amide bonds. The van der Waals surface area contributed by atoms with Crippen molar-refractivity contribution in [2.45, 2.75) is 59.9 Å². The average molecular weight is 564 g/mol. The summed E-state index contributed by atoms with van der Waals surface area (Å²) in [6, 6.07) is 5.95. The van der Waals surface area contributed by atoms with Gasteiger partial charge in [0.15, 0.2) is 0 Å². The summed E-state index contributed by atoms with van der Waals surface area (Å²) in [5.41, 5.74) is 5.60. The third kappa shape index (κ3) is 6.62. The highest BCUT2D eigenvalue weighted by molar-refractivity contribution is 5.99. The smallest absolute Gasteiger partial charge is 0.336 e. The van der Waals surface area contributed by atoms with Crippen LogP contribution >= 0.6 is 0 Å². The number of rotatable bonds is 8. The summed E-state index contributed by atoms with van der Waals surface area (Å²) in [4.78, 5) is 49.0. The van der Waals surface area contributed by atoms with Gasteiger partial charge in [0, 0.05) is 30.1 Å². The number of aryl methyl sites for hydroxylation is 3. The van der Waals surface area contributed by atoms with Crippen LogP contribution < -0.4 is 5.32 Å². The number of nitro benzene ring substituents is 1. The Morgan fingerprint density at radius 2 is 1.63 bits per heavy atom. The maximum absolute atomic E-state index is 13.6. The molecule has 1 unspecified atom stereocenters. The van der Waals surface area contributed by atoms with E-state index < -0.39 is 22.8 Å². The molecule has 2 aliphatic heterocycles. The van der Waals surface area contributed by atoms with E-state index in [0.717, 1.165) is 55.3 Å². The summed E-state index contributed by atoms with van der Waals surface area (Å²) in [6.45, 7) is 12.0. The fourth-order valence-electron chi connectivity index (χ4n) is 5.50. The van der Waals surface area contributed by atoms with Gasteiger partial charge in [-0.25, -0.2) is 9.59 Å². The fourth-order valence-corrected chi connectivity index (χ4v) is 5.50. The van der Waals surface area contributed by atoms with E-state index in [2.05, 4.69) is 15.2 Å². The van der Waals surface area contributed by atoms with Gasteiger partial charge in [-0.3, -0.25) is 25.0 Å². The Hall–Kier alpha value is -4.12. The number of esters is 2. The number of ether oxygens (including phenoxy) is 2. The normalized spacial score (nSPS) is 18.2. The monoisotopic (exact) mass is 563 g/mol. The van der Waals surface area contributed by atoms with Crippen LogP contribution in [0.2, 0.25) is 0 Å². The van der Waals surface area contributed by atoms with Crippen molar-refractivity contribution in [3.8, 4) is 0 Å². The molecule has 4 rings (SSSR count). The Balaban J connectivity index is 1.46. The number of hydrogen-bond acceptors (Lipinski definition) is 10. The van der Waals surface area contributed by atoms with Crippen LogP contribution in [-0.4, -0.2) is 58.5 Å². The number of carbonyl (C=O) groups is 2. The summed E-state index contributed by atoms with van der Waals surface area (Å²) in [7, 11) is 1.26. The molecule has 11 heteroatoms. The zero-order chi connectivity index (χ0) is 29.8. The van der Waals surface area contributed by atoms with Crippen LogP contribution in [0.3, 0.4) is 0 Å². The van der Waals surface area contributed by atoms with Crippen LogP contribution in [-0.2, 0) is 25.6 Å². The highest BCUT2D eigenvalue weighted by atomic mass is 16.6. The first-order chi connectivity index (χ1) is 19.5. The number of methoxy groups -OCH3 is 1. The number of hydrogen-bond donors (Lipinski definition) is 1. The van der Waals surface area contributed by atoms with Gasteiger partial charge in [0.05, 0.1) is 58.5 Å². The summed E-state index contributed by atoms with van der Waals surface area (Å²) >= 11 is 0. The molecular weight excluding hydrogens is 526 g/mol. The zero-order valence-electron chi connectivity index (χ0n) is 24.4. The van der Waals surface area contributed by atoms with Crippen LogP contribution in [0.4, 0.5) is 5.69 Å². The number of aromatic nitrogens is 2. The summed E-state index contributed by atoms with van der Waals surface area (Å²) in [5.74, 6) is -1.88. The number of non-ortho nitro benzene ring substituents is 1. The first-order valence-corrected chi connectivity index (χ1v) is 13.7. The number of benzene rings is 1. The molecule has 0 saturated carbocycles. The Kier molecular flexibility index (Phi) is 9.17. The molecule has 1 aromatic carbocycles. The molecule has 0 radical (unpaired) electrons. The van der Waals surface area contributed by atoms with Crippen molar-refractivity contribution in [2.75, 3.05) is 26.8 Å². The van der Waals surface area contributed by atoms with Gasteiger partial charge in [0.2, 0.25) is 0 Å². The SMILES string of the molecule is COC(=O)C1=C(C)NC(C)=C(C(=O)OCC2CCN(Cc3nc(C)c(C)nc3C)CC2)C1c1cccc([N+](=O)[O-])c1. The summed E-state index contributed by atoms with van der Waals surface area (Å²) < 4.78 is 10.9. The van der Waals surface area contributed by atoms with Crippen molar-refractivity contribution in [3.63, 3.8) is 0 Å². The highest BCUT2D eigenvalue weighted by Crippen LogP contribution is 2.40. The second kappa shape index (κ2) is 12.6. The van der Waals surface area contributed by atoms with Crippen molar-refractivity contribution in [3.05, 3.63) is 85.3 Å². The van der Waals surface area contributed by atoms with Gasteiger partial charge in [0.25, 0.3) is 5.69 Å². The van der Waals surface area contributed by atoms with Gasteiger partial charge in [-0.2, -0.15) is 0 Å². The van der Waals surface area contributed by atoms with Gasteiger partial charge in [-0.15, -0.1) is 0 Å². The quantitative estimate of drug-likeness (QED) is 0.283. The zero-order valence-corrected chi connectivity index (χ0v) is 24.4. The molecule has 1 saturated heterocycles. The number of nitro groups is 1. The number of allylic oxidation sites excluding steroid dienone is 2. The highest BCUT2D eigenvalue weighted by Gasteiger charge is 2.38. The van der Waals surface area contributed by atoms with Crippen molar-refractivity contribution in [1.82, 2.24) is 20.2 Å². The van der Waals surface area contributed by atoms with Crippen LogP contribution in [0.25, 0.3) is 0 Å². The van der Waals surface area contributed by atoms with E-state index in [4.69, 9.17) is 14.5 Å². The second-order valence-corrected chi connectivity index (χ2v) is 10.7. The lowest BCUT2D eigenvalue weighted by Crippen LogP contribution is -2.36. The lowest BCUT2D eigenvalue weighted by atomic mass is 9.80. The predicted molar refractivity (Wildman–Crippen MR) is 152 cm³/mol. The lowest BCUT2D eigenvalue weighted by Gasteiger charge is -2.33. The van der Waals surface area contributed by atoms with Crippen LogP contribution in [0.5, 0.6) is 0 Å². The number of carbonyl (C=O) groups excluding carboxylic acids is 2. The van der Waals surface area contributed by atoms with Crippen molar-refractivity contribution in [2.24, 2.45) is 5.92 Å². The van der Waals surface area contributed by atoms with Gasteiger partial charge in [-0.05, 0) is 72.0 Å². The third-order valence-corrected chi connectivity index (χ3v) is 7.91. The van der Waals surface area contributed by atoms with E-state index >= 15 is 0 Å². The number of nitrogens with one attached hydrogen (secondary N) is 1. The minimum absolute atomic E-state index is 0.137. The molecule has 1 fully saturated rings. The van der Waals surface area contributed by atoms with Crippen LogP contribution in [0.15, 0.2) is 46.8 Å². The molecule has 3 heterocycles. The van der Waals surface area contributed by atoms with Gasteiger partial charge in [0.1, 0.15) is 0 Å². The van der Waals surface area contributed by atoms with E-state index in [-0.39, 0.29) is 29.4 Å². The topological polar surface area (TPSA) is 137 Å². The van der Waals surface area contributed by atoms with Crippen molar-refractivity contribution < 1.29 is 24.0 Å². The molecular formula is C30H37N5O6. The maximum atomic E-state index is 13.6. The average Bonchev–Trinajstić information content (AvgIpc) is 2.94. The van der Waals surface area contributed by atoms with E-state index in [1.54, 1.807) is 19.9 Å². The van der Waals surface area contributed by atoms with Gasteiger partial charge in [-0.1, -0.05) is 12.1 Å². The Morgan fingerprint density at radius 3 is 2.27 bits per heavy atom. The third-order valence-electron chi connectivity index (χ3n) is 7.91. The second-order valence-electron chi connectivity index (χ2n) is 10.7. The summed E-state index contributed by atoms with van der Waals surface area (Å²) in [5, 5.41) is 14.6. The Bertz CT molecular complexity index is 1420. The van der Waals surface area contributed by atoms with E-state index in [1.807, 2.05) is 20.8 Å². The minimum Gasteiger partial charge on any atom is -0.466 e. The maximum Gasteiger partial charge on any atom is 0.336 e. The first-order valence-electron chi connectivity index (χ1n) is 13.7. The molecule has 2 aromatic rings. The predicted octanol–water partition coefficient (Wildman–Crippen LogP) is 4.17. The van der Waals surface area contributed by atoms with Gasteiger partial charge >= 0.3 is 11.9 Å². The largest absolute Gasteiger partial charge is 0.466 e. The fraction of sp³-hybridized carbons (Fsp3) is 0.467. The molecule has 218 valence electrons. The molecule has 11 nitrogen and oxygen atoms in total. The van der Waals surface area contributed by atoms with E-state index in [0.29, 0.717) is 17.0 Å². The van der Waals surface area contributed by atoms with Crippen molar-refractivity contribution >= 4 is 17.6 Å². The van der Waals surface area contributed by atoms with Crippen LogP contribution in [0, 0.1) is 36.8 Å². The van der Waals surface area contributed by atoms with E-state index in [1.165, 1.54) is 25.3 Å². The number of piperidine rings is 1. The Morgan fingerprint density at radius 1 is 1.00 bits per heavy atom.